The normalized spacial score (nSPS) is 11.3. The second kappa shape index (κ2) is 19.0. The van der Waals surface area contributed by atoms with Crippen LogP contribution in [0.1, 0.15) is 57.6 Å². The minimum absolute atomic E-state index is 0.169. The van der Waals surface area contributed by atoms with Gasteiger partial charge in [0.05, 0.1) is 6.10 Å². The van der Waals surface area contributed by atoms with Gasteiger partial charge in [0.15, 0.2) is 0 Å². The second-order valence-corrected chi connectivity index (χ2v) is 9.95. The molecule has 37 heavy (non-hydrogen) atoms. The fourth-order valence-electron chi connectivity index (χ4n) is 4.09. The first-order chi connectivity index (χ1) is 18.0. The molecule has 2 aromatic carbocycles. The zero-order valence-corrected chi connectivity index (χ0v) is 23.7. The third-order valence-corrected chi connectivity index (χ3v) is 5.99. The topological polar surface area (TPSA) is 95.4 Å². The van der Waals surface area contributed by atoms with E-state index in [4.69, 9.17) is 10.5 Å². The maximum absolute atomic E-state index is 5.95. The van der Waals surface area contributed by atoms with Gasteiger partial charge in [-0.25, -0.2) is 0 Å². The standard InChI is InChI=1S/C30H52N6O/c1-5-12-34-23-35-16-8-17-36-29-20-26(22-33-15-7-14-32-13-6-11-31)19-28(21-29)27-9-10-30(25(4)18-27)37-24(2)3/h9-10,18-21,24,32-36H,5-8,11-17,22-23,31H2,1-4H3. The average molecular weight is 513 g/mol. The highest BCUT2D eigenvalue weighted by molar-refractivity contribution is 5.71. The van der Waals surface area contributed by atoms with Gasteiger partial charge in [0.1, 0.15) is 5.75 Å². The fourth-order valence-corrected chi connectivity index (χ4v) is 4.09. The Labute approximate surface area is 225 Å². The highest BCUT2D eigenvalue weighted by atomic mass is 16.5. The van der Waals surface area contributed by atoms with Gasteiger partial charge in [-0.3, -0.25) is 0 Å². The SMILES string of the molecule is CCCNCNCCCNc1cc(CNCCCNCCCN)cc(-c2ccc(OC(C)C)c(C)c2)c1. The summed E-state index contributed by atoms with van der Waals surface area (Å²) in [6.07, 6.45) is 4.54. The Kier molecular flexibility index (Phi) is 15.9. The molecule has 0 aliphatic heterocycles. The number of nitrogens with two attached hydrogens (primary N) is 1. The van der Waals surface area contributed by atoms with E-state index >= 15 is 0 Å². The number of benzene rings is 2. The molecule has 7 N–H and O–H groups in total. The van der Waals surface area contributed by atoms with Crippen molar-refractivity contribution in [2.45, 2.75) is 66.0 Å². The minimum atomic E-state index is 0.169. The quantitative estimate of drug-likeness (QED) is 0.110. The molecule has 7 nitrogen and oxygen atoms in total. The smallest absolute Gasteiger partial charge is 0.122 e. The lowest BCUT2D eigenvalue weighted by Crippen LogP contribution is -2.30. The van der Waals surface area contributed by atoms with Crippen LogP contribution in [0.3, 0.4) is 0 Å². The predicted octanol–water partition coefficient (Wildman–Crippen LogP) is 4.22. The molecular weight excluding hydrogens is 460 g/mol. The number of hydrogen-bond acceptors (Lipinski definition) is 7. The largest absolute Gasteiger partial charge is 0.491 e. The summed E-state index contributed by atoms with van der Waals surface area (Å²) in [4.78, 5) is 0. The van der Waals surface area contributed by atoms with Crippen LogP contribution >= 0.6 is 0 Å². The Bertz CT molecular complexity index is 835. The molecule has 0 saturated carbocycles. The van der Waals surface area contributed by atoms with E-state index in [0.717, 1.165) is 96.0 Å². The highest BCUT2D eigenvalue weighted by Crippen LogP contribution is 2.29. The Morgan fingerprint density at radius 2 is 1.51 bits per heavy atom. The Morgan fingerprint density at radius 3 is 2.27 bits per heavy atom. The summed E-state index contributed by atoms with van der Waals surface area (Å²) in [6.45, 7) is 16.9. The van der Waals surface area contributed by atoms with Crippen LogP contribution in [0, 0.1) is 6.92 Å². The first-order valence-corrected chi connectivity index (χ1v) is 14.2. The van der Waals surface area contributed by atoms with Gasteiger partial charge < -0.3 is 37.1 Å². The van der Waals surface area contributed by atoms with Crippen molar-refractivity contribution in [2.75, 3.05) is 57.8 Å². The van der Waals surface area contributed by atoms with Crippen molar-refractivity contribution in [1.82, 2.24) is 21.3 Å². The molecule has 0 saturated heterocycles. The summed E-state index contributed by atoms with van der Waals surface area (Å²) >= 11 is 0. The minimum Gasteiger partial charge on any atom is -0.491 e. The van der Waals surface area contributed by atoms with Crippen LogP contribution in [0.15, 0.2) is 36.4 Å². The maximum Gasteiger partial charge on any atom is 0.122 e. The van der Waals surface area contributed by atoms with Gasteiger partial charge in [-0.2, -0.15) is 0 Å². The van der Waals surface area contributed by atoms with Crippen LogP contribution in [0.4, 0.5) is 5.69 Å². The molecule has 0 atom stereocenters. The van der Waals surface area contributed by atoms with Gasteiger partial charge in [-0.15, -0.1) is 0 Å². The van der Waals surface area contributed by atoms with E-state index in [9.17, 15) is 0 Å². The first kappa shape index (κ1) is 31.1. The average Bonchev–Trinajstić information content (AvgIpc) is 2.88. The summed E-state index contributed by atoms with van der Waals surface area (Å²) in [6, 6.07) is 13.3. The van der Waals surface area contributed by atoms with Crippen molar-refractivity contribution >= 4 is 5.69 Å². The summed E-state index contributed by atoms with van der Waals surface area (Å²) in [7, 11) is 0. The molecule has 0 amide bonds. The van der Waals surface area contributed by atoms with Gasteiger partial charge >= 0.3 is 0 Å². The van der Waals surface area contributed by atoms with Gasteiger partial charge in [0.2, 0.25) is 0 Å². The van der Waals surface area contributed by atoms with Crippen molar-refractivity contribution < 1.29 is 4.74 Å². The monoisotopic (exact) mass is 512 g/mol. The molecule has 2 rings (SSSR count). The van der Waals surface area contributed by atoms with Crippen molar-refractivity contribution in [1.29, 1.82) is 0 Å². The Morgan fingerprint density at radius 1 is 0.784 bits per heavy atom. The molecule has 208 valence electrons. The van der Waals surface area contributed by atoms with Crippen molar-refractivity contribution in [2.24, 2.45) is 5.73 Å². The summed E-state index contributed by atoms with van der Waals surface area (Å²) in [5.74, 6) is 0.955. The molecule has 0 spiro atoms. The molecule has 2 aromatic rings. The molecule has 0 heterocycles. The van der Waals surface area contributed by atoms with Gasteiger partial charge in [0.25, 0.3) is 0 Å². The zero-order valence-electron chi connectivity index (χ0n) is 23.7. The summed E-state index contributed by atoms with van der Waals surface area (Å²) in [5, 5.41) is 17.5. The first-order valence-electron chi connectivity index (χ1n) is 14.2. The van der Waals surface area contributed by atoms with Gasteiger partial charge in [-0.1, -0.05) is 13.0 Å². The van der Waals surface area contributed by atoms with E-state index in [-0.39, 0.29) is 6.10 Å². The van der Waals surface area contributed by atoms with Crippen molar-refractivity contribution in [3.63, 3.8) is 0 Å². The van der Waals surface area contributed by atoms with Crippen molar-refractivity contribution in [3.8, 4) is 16.9 Å². The van der Waals surface area contributed by atoms with E-state index in [1.54, 1.807) is 0 Å². The summed E-state index contributed by atoms with van der Waals surface area (Å²) in [5.41, 5.74) is 11.6. The van der Waals surface area contributed by atoms with Crippen LogP contribution in [0.25, 0.3) is 11.1 Å². The van der Waals surface area contributed by atoms with Gasteiger partial charge in [-0.05, 0) is 138 Å². The van der Waals surface area contributed by atoms with Gasteiger partial charge in [0, 0.05) is 25.4 Å². The lowest BCUT2D eigenvalue weighted by molar-refractivity contribution is 0.241. The highest BCUT2D eigenvalue weighted by Gasteiger charge is 2.08. The molecule has 0 aromatic heterocycles. The zero-order chi connectivity index (χ0) is 26.7. The predicted molar refractivity (Wildman–Crippen MR) is 160 cm³/mol. The third kappa shape index (κ3) is 13.3. The van der Waals surface area contributed by atoms with E-state index in [1.807, 2.05) is 0 Å². The number of aryl methyl sites for hydroxylation is 1. The third-order valence-electron chi connectivity index (χ3n) is 5.99. The van der Waals surface area contributed by atoms with Crippen LogP contribution < -0.4 is 37.1 Å². The molecule has 0 aliphatic rings. The number of anilines is 1. The fraction of sp³-hybridized carbons (Fsp3) is 0.600. The number of ether oxygens (including phenoxy) is 1. The van der Waals surface area contributed by atoms with Crippen LogP contribution in [-0.4, -0.2) is 58.6 Å². The molecule has 0 fully saturated rings. The second-order valence-electron chi connectivity index (χ2n) is 9.95. The lowest BCUT2D eigenvalue weighted by Gasteiger charge is -2.16. The maximum atomic E-state index is 5.95. The molecule has 7 heteroatoms. The number of nitrogens with one attached hydrogen (secondary N) is 5. The summed E-state index contributed by atoms with van der Waals surface area (Å²) < 4.78 is 5.95. The lowest BCUT2D eigenvalue weighted by atomic mass is 9.99. The molecule has 0 radical (unpaired) electrons. The van der Waals surface area contributed by atoms with E-state index in [1.165, 1.54) is 22.4 Å². The molecule has 0 unspecified atom stereocenters. The Balaban J connectivity index is 1.99. The Hall–Kier alpha value is -2.16. The van der Waals surface area contributed by atoms with Crippen LogP contribution in [0.5, 0.6) is 5.75 Å². The molecular formula is C30H52N6O. The van der Waals surface area contributed by atoms with Crippen molar-refractivity contribution in [3.05, 3.63) is 47.5 Å². The van der Waals surface area contributed by atoms with Crippen LogP contribution in [0.2, 0.25) is 0 Å². The molecule has 0 aliphatic carbocycles. The van der Waals surface area contributed by atoms with E-state index < -0.39 is 0 Å². The number of rotatable bonds is 21. The van der Waals surface area contributed by atoms with E-state index in [2.05, 4.69) is 90.7 Å². The van der Waals surface area contributed by atoms with E-state index in [0.29, 0.717) is 0 Å². The van der Waals surface area contributed by atoms with Crippen LogP contribution in [-0.2, 0) is 6.54 Å². The number of hydrogen-bond donors (Lipinski definition) is 6. The molecule has 0 bridgehead atoms.